The van der Waals surface area contributed by atoms with Gasteiger partial charge in [-0.2, -0.15) is 0 Å². The van der Waals surface area contributed by atoms with Crippen LogP contribution < -0.4 is 5.73 Å². The van der Waals surface area contributed by atoms with E-state index in [1.807, 2.05) is 25.1 Å². The monoisotopic (exact) mass is 280 g/mol. The fourth-order valence-corrected chi connectivity index (χ4v) is 3.33. The van der Waals surface area contributed by atoms with Crippen molar-refractivity contribution >= 4 is 0 Å². The molecule has 1 aliphatic rings. The Morgan fingerprint density at radius 2 is 1.90 bits per heavy atom. The van der Waals surface area contributed by atoms with Gasteiger partial charge in [0.1, 0.15) is 0 Å². The number of benzene rings is 1. The highest BCUT2D eigenvalue weighted by atomic mass is 19.1. The van der Waals surface area contributed by atoms with Crippen molar-refractivity contribution in [1.29, 1.82) is 0 Å². The van der Waals surface area contributed by atoms with E-state index < -0.39 is 5.82 Å². The van der Waals surface area contributed by atoms with Gasteiger partial charge in [0.05, 0.1) is 0 Å². The van der Waals surface area contributed by atoms with Gasteiger partial charge in [0.2, 0.25) is 0 Å². The molecule has 2 rings (SSSR count). The number of phenols is 1. The number of nitrogens with two attached hydrogens (primary N) is 1. The summed E-state index contributed by atoms with van der Waals surface area (Å²) >= 11 is 0. The van der Waals surface area contributed by atoms with Crippen LogP contribution in [0.5, 0.6) is 5.75 Å². The summed E-state index contributed by atoms with van der Waals surface area (Å²) in [5.74, 6) is -0.738. The molecule has 0 saturated heterocycles. The highest BCUT2D eigenvalue weighted by molar-refractivity contribution is 5.43. The second-order valence-corrected chi connectivity index (χ2v) is 6.26. The molecule has 3 N–H and O–H groups in total. The van der Waals surface area contributed by atoms with E-state index in [2.05, 4.69) is 0 Å². The minimum absolute atomic E-state index is 0.208. The number of halogens is 1. The third-order valence-electron chi connectivity index (χ3n) is 4.39. The van der Waals surface area contributed by atoms with E-state index in [0.29, 0.717) is 18.7 Å². The zero-order chi connectivity index (χ0) is 14.8. The highest BCUT2D eigenvalue weighted by Gasteiger charge is 2.35. The zero-order valence-electron chi connectivity index (χ0n) is 12.5. The van der Waals surface area contributed by atoms with Gasteiger partial charge in [-0.1, -0.05) is 19.3 Å². The predicted octanol–water partition coefficient (Wildman–Crippen LogP) is 2.75. The van der Waals surface area contributed by atoms with Gasteiger partial charge in [-0.15, -0.1) is 0 Å². The van der Waals surface area contributed by atoms with Crippen molar-refractivity contribution in [2.45, 2.75) is 44.1 Å². The van der Waals surface area contributed by atoms with Gasteiger partial charge in [0.15, 0.2) is 11.6 Å². The van der Waals surface area contributed by atoms with Crippen molar-refractivity contribution in [2.24, 2.45) is 5.73 Å². The Morgan fingerprint density at radius 1 is 1.25 bits per heavy atom. The van der Waals surface area contributed by atoms with Crippen LogP contribution in [0.2, 0.25) is 0 Å². The summed E-state index contributed by atoms with van der Waals surface area (Å²) in [5, 5.41) is 10.2. The van der Waals surface area contributed by atoms with Gasteiger partial charge in [0.25, 0.3) is 0 Å². The Labute approximate surface area is 120 Å². The zero-order valence-corrected chi connectivity index (χ0v) is 12.5. The smallest absolute Gasteiger partial charge is 0.165 e. The van der Waals surface area contributed by atoms with Crippen LogP contribution in [-0.2, 0) is 12.0 Å². The van der Waals surface area contributed by atoms with E-state index in [1.54, 1.807) is 0 Å². The molecule has 0 aliphatic heterocycles. The minimum atomic E-state index is -0.530. The van der Waals surface area contributed by atoms with E-state index in [1.165, 1.54) is 12.5 Å². The molecule has 4 heteroatoms. The largest absolute Gasteiger partial charge is 0.505 e. The van der Waals surface area contributed by atoms with Crippen molar-refractivity contribution in [3.05, 3.63) is 29.1 Å². The number of nitrogens with zero attached hydrogens (tertiary/aromatic N) is 1. The number of phenolic OH excluding ortho intramolecular Hbond substituents is 1. The van der Waals surface area contributed by atoms with Crippen LogP contribution in [-0.4, -0.2) is 30.6 Å². The molecule has 3 nitrogen and oxygen atoms in total. The van der Waals surface area contributed by atoms with Gasteiger partial charge >= 0.3 is 0 Å². The minimum Gasteiger partial charge on any atom is -0.505 e. The maximum Gasteiger partial charge on any atom is 0.165 e. The molecule has 112 valence electrons. The maximum absolute atomic E-state index is 14.0. The molecule has 0 amide bonds. The van der Waals surface area contributed by atoms with E-state index >= 15 is 0 Å². The Bertz CT molecular complexity index is 468. The van der Waals surface area contributed by atoms with E-state index in [-0.39, 0.29) is 11.2 Å². The average molecular weight is 280 g/mol. The summed E-state index contributed by atoms with van der Waals surface area (Å²) in [7, 11) is 3.90. The van der Waals surface area contributed by atoms with E-state index in [9.17, 15) is 9.50 Å². The van der Waals surface area contributed by atoms with Crippen LogP contribution in [0.4, 0.5) is 4.39 Å². The third-order valence-corrected chi connectivity index (χ3v) is 4.39. The van der Waals surface area contributed by atoms with Crippen molar-refractivity contribution in [3.8, 4) is 5.75 Å². The summed E-state index contributed by atoms with van der Waals surface area (Å²) in [5.41, 5.74) is 7.33. The molecule has 0 bridgehead atoms. The van der Waals surface area contributed by atoms with Crippen LogP contribution in [0, 0.1) is 5.82 Å². The number of hydrogen-bond donors (Lipinski definition) is 2. The Hall–Kier alpha value is -1.13. The lowest BCUT2D eigenvalue weighted by atomic mass is 9.69. The van der Waals surface area contributed by atoms with E-state index in [4.69, 9.17) is 5.73 Å². The summed E-state index contributed by atoms with van der Waals surface area (Å²) in [6.45, 7) is 1.12. The predicted molar refractivity (Wildman–Crippen MR) is 79.3 cm³/mol. The fourth-order valence-electron chi connectivity index (χ4n) is 3.33. The molecule has 0 aromatic heterocycles. The molecule has 0 spiro atoms. The van der Waals surface area contributed by atoms with Crippen LogP contribution in [0.15, 0.2) is 12.1 Å². The lowest BCUT2D eigenvalue weighted by Crippen LogP contribution is -2.37. The Balaban J connectivity index is 2.45. The first-order valence-electron chi connectivity index (χ1n) is 7.35. The topological polar surface area (TPSA) is 49.5 Å². The molecule has 1 fully saturated rings. The Morgan fingerprint density at radius 3 is 2.45 bits per heavy atom. The van der Waals surface area contributed by atoms with Crippen molar-refractivity contribution in [2.75, 3.05) is 20.6 Å². The summed E-state index contributed by atoms with van der Waals surface area (Å²) in [6.07, 6.45) is 5.25. The summed E-state index contributed by atoms with van der Waals surface area (Å²) in [4.78, 5) is 1.99. The van der Waals surface area contributed by atoms with Gasteiger partial charge in [-0.05, 0) is 44.6 Å². The first-order chi connectivity index (χ1) is 9.48. The van der Waals surface area contributed by atoms with Crippen LogP contribution >= 0.6 is 0 Å². The normalized spacial score (nSPS) is 18.4. The molecule has 1 aliphatic carbocycles. The number of hydrogen-bond acceptors (Lipinski definition) is 3. The van der Waals surface area contributed by atoms with Crippen LogP contribution in [0.1, 0.15) is 43.2 Å². The SMILES string of the molecule is CN(C)Cc1cc(F)c(O)c(C2(CN)CCCCC2)c1. The number of aromatic hydroxyl groups is 1. The molecule has 1 saturated carbocycles. The van der Waals surface area contributed by atoms with Crippen LogP contribution in [0.25, 0.3) is 0 Å². The van der Waals surface area contributed by atoms with Gasteiger partial charge < -0.3 is 15.7 Å². The molecule has 0 atom stereocenters. The van der Waals surface area contributed by atoms with Gasteiger partial charge in [-0.3, -0.25) is 0 Å². The van der Waals surface area contributed by atoms with Crippen molar-refractivity contribution in [1.82, 2.24) is 4.90 Å². The van der Waals surface area contributed by atoms with Gasteiger partial charge in [-0.25, -0.2) is 4.39 Å². The Kier molecular flexibility index (Phi) is 4.66. The highest BCUT2D eigenvalue weighted by Crippen LogP contribution is 2.43. The molecule has 0 radical (unpaired) electrons. The third kappa shape index (κ3) is 2.96. The second-order valence-electron chi connectivity index (χ2n) is 6.26. The molecule has 1 aromatic carbocycles. The first kappa shape index (κ1) is 15.3. The first-order valence-corrected chi connectivity index (χ1v) is 7.35. The second kappa shape index (κ2) is 6.10. The van der Waals surface area contributed by atoms with Gasteiger partial charge in [0, 0.05) is 24.1 Å². The lowest BCUT2D eigenvalue weighted by Gasteiger charge is -2.37. The summed E-state index contributed by atoms with van der Waals surface area (Å²) < 4.78 is 14.0. The molecular formula is C16H25FN2O. The lowest BCUT2D eigenvalue weighted by molar-refractivity contribution is 0.286. The quantitative estimate of drug-likeness (QED) is 0.891. The average Bonchev–Trinajstić information content (AvgIpc) is 2.42. The molecule has 20 heavy (non-hydrogen) atoms. The maximum atomic E-state index is 14.0. The number of rotatable bonds is 4. The fraction of sp³-hybridized carbons (Fsp3) is 0.625. The van der Waals surface area contributed by atoms with Crippen molar-refractivity contribution in [3.63, 3.8) is 0 Å². The van der Waals surface area contributed by atoms with Crippen LogP contribution in [0.3, 0.4) is 0 Å². The molecule has 0 unspecified atom stereocenters. The summed E-state index contributed by atoms with van der Waals surface area (Å²) in [6, 6.07) is 3.36. The molecule has 1 aromatic rings. The molecular weight excluding hydrogens is 255 g/mol. The molecule has 0 heterocycles. The van der Waals surface area contributed by atoms with E-state index in [0.717, 1.165) is 31.2 Å². The standard InChI is InChI=1S/C16H25FN2O/c1-19(2)10-12-8-13(15(20)14(17)9-12)16(11-18)6-4-3-5-7-16/h8-9,20H,3-7,10-11,18H2,1-2H3. The van der Waals surface area contributed by atoms with Crippen molar-refractivity contribution < 1.29 is 9.50 Å².